The molecule has 22 heavy (non-hydrogen) atoms. The number of nitrogens with one attached hydrogen (secondary N) is 2. The van der Waals surface area contributed by atoms with Crippen molar-refractivity contribution in [3.8, 4) is 11.3 Å². The van der Waals surface area contributed by atoms with Gasteiger partial charge in [-0.25, -0.2) is 9.18 Å². The number of furan rings is 1. The quantitative estimate of drug-likeness (QED) is 0.793. The van der Waals surface area contributed by atoms with Crippen LogP contribution in [0, 0.1) is 5.82 Å². The summed E-state index contributed by atoms with van der Waals surface area (Å²) in [7, 11) is 0. The van der Waals surface area contributed by atoms with Crippen LogP contribution < -0.4 is 10.6 Å². The Balaban J connectivity index is 2.12. The maximum Gasteiger partial charge on any atom is 0.319 e. The molecule has 0 saturated carbocycles. The molecule has 1 aromatic heterocycles. The van der Waals surface area contributed by atoms with Crippen molar-refractivity contribution in [2.24, 2.45) is 0 Å². The van der Waals surface area contributed by atoms with Crippen LogP contribution in [0.4, 0.5) is 14.9 Å². The van der Waals surface area contributed by atoms with Crippen molar-refractivity contribution in [1.29, 1.82) is 0 Å². The number of carbonyl (C=O) groups is 1. The number of hydrogen-bond acceptors (Lipinski definition) is 3. The van der Waals surface area contributed by atoms with E-state index in [9.17, 15) is 9.18 Å². The lowest BCUT2D eigenvalue weighted by Crippen LogP contribution is -2.46. The van der Waals surface area contributed by atoms with Gasteiger partial charge in [0.15, 0.2) is 0 Å². The van der Waals surface area contributed by atoms with Gasteiger partial charge in [0.2, 0.25) is 0 Å². The van der Waals surface area contributed by atoms with Gasteiger partial charge in [0.1, 0.15) is 11.6 Å². The molecule has 6 heteroatoms. The average molecular weight is 306 g/mol. The SMILES string of the molecule is CC(C)(CCO)NC(=O)Nc1cc(-c2ccco2)ccc1F. The standard InChI is InChI=1S/C16H19FN2O3/c1-16(2,7-8-20)19-15(21)18-13-10-11(5-6-12(13)17)14-4-3-9-22-14/h3-6,9-10,20H,7-8H2,1-2H3,(H2,18,19,21). The number of amides is 2. The Labute approximate surface area is 128 Å². The third kappa shape index (κ3) is 4.08. The van der Waals surface area contributed by atoms with Crippen molar-refractivity contribution < 1.29 is 18.7 Å². The van der Waals surface area contributed by atoms with Crippen molar-refractivity contribution in [2.75, 3.05) is 11.9 Å². The van der Waals surface area contributed by atoms with Crippen LogP contribution in [0.2, 0.25) is 0 Å². The van der Waals surface area contributed by atoms with Crippen molar-refractivity contribution in [1.82, 2.24) is 5.32 Å². The maximum absolute atomic E-state index is 13.8. The van der Waals surface area contributed by atoms with E-state index in [0.29, 0.717) is 17.7 Å². The number of hydrogen-bond donors (Lipinski definition) is 3. The van der Waals surface area contributed by atoms with Crippen LogP contribution in [0.5, 0.6) is 0 Å². The highest BCUT2D eigenvalue weighted by molar-refractivity contribution is 5.90. The Morgan fingerprint density at radius 1 is 1.36 bits per heavy atom. The van der Waals surface area contributed by atoms with Gasteiger partial charge in [-0.3, -0.25) is 0 Å². The molecule has 1 aromatic carbocycles. The fraction of sp³-hybridized carbons (Fsp3) is 0.312. The molecule has 0 aliphatic rings. The number of halogens is 1. The summed E-state index contributed by atoms with van der Waals surface area (Å²) < 4.78 is 19.1. The van der Waals surface area contributed by atoms with E-state index in [2.05, 4.69) is 10.6 Å². The molecule has 0 bridgehead atoms. The average Bonchev–Trinajstić information content (AvgIpc) is 2.94. The van der Waals surface area contributed by atoms with Crippen LogP contribution in [0.15, 0.2) is 41.0 Å². The van der Waals surface area contributed by atoms with Crippen molar-refractivity contribution in [2.45, 2.75) is 25.8 Å². The number of anilines is 1. The van der Waals surface area contributed by atoms with Crippen LogP contribution in [0.25, 0.3) is 11.3 Å². The van der Waals surface area contributed by atoms with Crippen molar-refractivity contribution in [3.05, 3.63) is 42.4 Å². The Bertz CT molecular complexity index is 639. The molecule has 5 nitrogen and oxygen atoms in total. The van der Waals surface area contributed by atoms with E-state index in [1.165, 1.54) is 18.4 Å². The van der Waals surface area contributed by atoms with Gasteiger partial charge >= 0.3 is 6.03 Å². The highest BCUT2D eigenvalue weighted by Gasteiger charge is 2.20. The molecule has 118 valence electrons. The molecular weight excluding hydrogens is 287 g/mol. The number of urea groups is 1. The minimum Gasteiger partial charge on any atom is -0.464 e. The van der Waals surface area contributed by atoms with Crippen molar-refractivity contribution in [3.63, 3.8) is 0 Å². The molecule has 1 heterocycles. The molecule has 2 rings (SSSR count). The minimum absolute atomic E-state index is 0.0460. The van der Waals surface area contributed by atoms with Crippen LogP contribution >= 0.6 is 0 Å². The summed E-state index contributed by atoms with van der Waals surface area (Å²) in [6, 6.07) is 7.30. The van der Waals surface area contributed by atoms with E-state index >= 15 is 0 Å². The zero-order valence-electron chi connectivity index (χ0n) is 12.5. The molecule has 2 aromatic rings. The van der Waals surface area contributed by atoms with Crippen molar-refractivity contribution >= 4 is 11.7 Å². The Hall–Kier alpha value is -2.34. The van der Waals surface area contributed by atoms with Gasteiger partial charge in [-0.1, -0.05) is 0 Å². The molecule has 0 spiro atoms. The summed E-state index contributed by atoms with van der Waals surface area (Å²) in [4.78, 5) is 12.0. The fourth-order valence-corrected chi connectivity index (χ4v) is 2.02. The van der Waals surface area contributed by atoms with E-state index < -0.39 is 17.4 Å². The summed E-state index contributed by atoms with van der Waals surface area (Å²) in [5.41, 5.74) is 0.135. The zero-order valence-corrected chi connectivity index (χ0v) is 12.5. The molecule has 0 radical (unpaired) electrons. The molecule has 2 amide bonds. The summed E-state index contributed by atoms with van der Waals surface area (Å²) in [5, 5.41) is 14.1. The summed E-state index contributed by atoms with van der Waals surface area (Å²) >= 11 is 0. The number of benzene rings is 1. The lowest BCUT2D eigenvalue weighted by Gasteiger charge is -2.25. The first-order chi connectivity index (χ1) is 10.4. The molecule has 0 fully saturated rings. The number of aliphatic hydroxyl groups is 1. The number of rotatable bonds is 5. The predicted octanol–water partition coefficient (Wildman–Crippen LogP) is 3.37. The number of aliphatic hydroxyl groups excluding tert-OH is 1. The summed E-state index contributed by atoms with van der Waals surface area (Å²) in [5.74, 6) is 0.0505. The van der Waals surface area contributed by atoms with E-state index in [0.717, 1.165) is 0 Å². The van der Waals surface area contributed by atoms with Gasteiger partial charge in [-0.15, -0.1) is 0 Å². The molecule has 0 unspecified atom stereocenters. The first-order valence-electron chi connectivity index (χ1n) is 6.95. The van der Waals surface area contributed by atoms with Gasteiger partial charge in [-0.2, -0.15) is 0 Å². The summed E-state index contributed by atoms with van der Waals surface area (Å²) in [6.45, 7) is 3.51. The van der Waals surface area contributed by atoms with Crippen LogP contribution in [-0.2, 0) is 0 Å². The predicted molar refractivity (Wildman–Crippen MR) is 82.0 cm³/mol. The second-order valence-electron chi connectivity index (χ2n) is 5.61. The van der Waals surface area contributed by atoms with E-state index in [1.807, 2.05) is 0 Å². The Morgan fingerprint density at radius 2 is 2.14 bits per heavy atom. The first-order valence-corrected chi connectivity index (χ1v) is 6.95. The molecule has 3 N–H and O–H groups in total. The normalized spacial score (nSPS) is 11.3. The highest BCUT2D eigenvalue weighted by atomic mass is 19.1. The zero-order chi connectivity index (χ0) is 16.2. The van der Waals surface area contributed by atoms with Gasteiger partial charge in [0, 0.05) is 17.7 Å². The summed E-state index contributed by atoms with van der Waals surface area (Å²) in [6.07, 6.45) is 1.92. The molecular formula is C16H19FN2O3. The smallest absolute Gasteiger partial charge is 0.319 e. The van der Waals surface area contributed by atoms with Crippen LogP contribution in [0.1, 0.15) is 20.3 Å². The van der Waals surface area contributed by atoms with E-state index in [4.69, 9.17) is 9.52 Å². The second kappa shape index (κ2) is 6.62. The molecule has 0 aliphatic carbocycles. The fourth-order valence-electron chi connectivity index (χ4n) is 2.02. The monoisotopic (exact) mass is 306 g/mol. The Kier molecular flexibility index (Phi) is 4.82. The van der Waals surface area contributed by atoms with Gasteiger partial charge in [0.25, 0.3) is 0 Å². The van der Waals surface area contributed by atoms with E-state index in [-0.39, 0.29) is 12.3 Å². The topological polar surface area (TPSA) is 74.5 Å². The number of carbonyl (C=O) groups excluding carboxylic acids is 1. The first kappa shape index (κ1) is 16.0. The van der Waals surface area contributed by atoms with Gasteiger partial charge < -0.3 is 20.2 Å². The lowest BCUT2D eigenvalue weighted by molar-refractivity contribution is 0.218. The minimum atomic E-state index is -0.589. The maximum atomic E-state index is 13.8. The second-order valence-corrected chi connectivity index (χ2v) is 5.61. The molecule has 0 aliphatic heterocycles. The van der Waals surface area contributed by atoms with Gasteiger partial charge in [0.05, 0.1) is 12.0 Å². The Morgan fingerprint density at radius 3 is 2.77 bits per heavy atom. The van der Waals surface area contributed by atoms with Crippen LogP contribution in [0.3, 0.4) is 0 Å². The van der Waals surface area contributed by atoms with Gasteiger partial charge in [-0.05, 0) is 50.6 Å². The third-order valence-electron chi connectivity index (χ3n) is 3.21. The molecule has 0 saturated heterocycles. The third-order valence-corrected chi connectivity index (χ3v) is 3.21. The van der Waals surface area contributed by atoms with Crippen LogP contribution in [-0.4, -0.2) is 23.3 Å². The molecule has 0 atom stereocenters. The highest BCUT2D eigenvalue weighted by Crippen LogP contribution is 2.25. The lowest BCUT2D eigenvalue weighted by atomic mass is 10.0. The van der Waals surface area contributed by atoms with E-state index in [1.54, 1.807) is 32.0 Å². The largest absolute Gasteiger partial charge is 0.464 e.